The molecule has 0 saturated heterocycles. The van der Waals surface area contributed by atoms with Crippen molar-refractivity contribution in [1.29, 1.82) is 5.26 Å². The number of nitrogens with zero attached hydrogens (tertiary/aromatic N) is 2. The smallest absolute Gasteiger partial charge is 0.129 e. The lowest BCUT2D eigenvalue weighted by molar-refractivity contribution is 1.13. The first-order chi connectivity index (χ1) is 8.19. The molecular formula is C12H10ClN3S. The summed E-state index contributed by atoms with van der Waals surface area (Å²) in [5.41, 5.74) is 2.54. The van der Waals surface area contributed by atoms with E-state index in [4.69, 9.17) is 16.9 Å². The Kier molecular flexibility index (Phi) is 3.62. The van der Waals surface area contributed by atoms with E-state index in [-0.39, 0.29) is 0 Å². The molecule has 0 aliphatic rings. The van der Waals surface area contributed by atoms with Gasteiger partial charge in [0.1, 0.15) is 11.2 Å². The number of halogens is 1. The van der Waals surface area contributed by atoms with Gasteiger partial charge in [-0.05, 0) is 25.1 Å². The second kappa shape index (κ2) is 5.17. The first kappa shape index (κ1) is 11.9. The van der Waals surface area contributed by atoms with E-state index < -0.39 is 0 Å². The van der Waals surface area contributed by atoms with Crippen molar-refractivity contribution in [3.8, 4) is 6.07 Å². The monoisotopic (exact) mass is 263 g/mol. The van der Waals surface area contributed by atoms with Crippen LogP contribution < -0.4 is 5.32 Å². The van der Waals surface area contributed by atoms with E-state index in [2.05, 4.69) is 16.4 Å². The Balaban J connectivity index is 2.05. The van der Waals surface area contributed by atoms with E-state index >= 15 is 0 Å². The van der Waals surface area contributed by atoms with Gasteiger partial charge in [-0.1, -0.05) is 11.6 Å². The van der Waals surface area contributed by atoms with Crippen LogP contribution in [0.5, 0.6) is 0 Å². The summed E-state index contributed by atoms with van der Waals surface area (Å²) in [6.45, 7) is 2.60. The van der Waals surface area contributed by atoms with Gasteiger partial charge in [-0.2, -0.15) is 5.26 Å². The summed E-state index contributed by atoms with van der Waals surface area (Å²) in [5.74, 6) is 0. The molecule has 0 atom stereocenters. The van der Waals surface area contributed by atoms with Gasteiger partial charge in [-0.25, -0.2) is 4.98 Å². The van der Waals surface area contributed by atoms with Crippen LogP contribution in [0.1, 0.15) is 16.1 Å². The van der Waals surface area contributed by atoms with Crippen LogP contribution in [-0.4, -0.2) is 4.98 Å². The van der Waals surface area contributed by atoms with Gasteiger partial charge in [-0.3, -0.25) is 0 Å². The maximum atomic E-state index is 8.72. The minimum absolute atomic E-state index is 0.496. The number of rotatable bonds is 3. The van der Waals surface area contributed by atoms with Crippen LogP contribution in [0.15, 0.2) is 23.6 Å². The highest BCUT2D eigenvalue weighted by molar-refractivity contribution is 7.10. The second-order valence-corrected chi connectivity index (χ2v) is 4.92. The fraction of sp³-hybridized carbons (Fsp3) is 0.167. The Morgan fingerprint density at radius 2 is 2.35 bits per heavy atom. The van der Waals surface area contributed by atoms with Crippen molar-refractivity contribution >= 4 is 28.6 Å². The lowest BCUT2D eigenvalue weighted by Crippen LogP contribution is -2.00. The summed E-state index contributed by atoms with van der Waals surface area (Å²) in [7, 11) is 0. The van der Waals surface area contributed by atoms with E-state index in [1.807, 2.05) is 24.4 Å². The van der Waals surface area contributed by atoms with Crippen molar-refractivity contribution < 1.29 is 0 Å². The summed E-state index contributed by atoms with van der Waals surface area (Å²) < 4.78 is 0. The lowest BCUT2D eigenvalue weighted by atomic mass is 10.3. The fourth-order valence-electron chi connectivity index (χ4n) is 1.43. The maximum absolute atomic E-state index is 8.72. The van der Waals surface area contributed by atoms with Gasteiger partial charge in [0, 0.05) is 16.8 Å². The van der Waals surface area contributed by atoms with E-state index in [0.717, 1.165) is 16.3 Å². The molecule has 86 valence electrons. The molecule has 0 unspecified atom stereocenters. The summed E-state index contributed by atoms with van der Waals surface area (Å²) in [6.07, 6.45) is 0. The summed E-state index contributed by atoms with van der Waals surface area (Å²) in [5, 5.41) is 14.3. The first-order valence-corrected chi connectivity index (χ1v) is 6.29. The van der Waals surface area contributed by atoms with Crippen LogP contribution in [0, 0.1) is 18.3 Å². The number of hydrogen-bond acceptors (Lipinski definition) is 4. The van der Waals surface area contributed by atoms with Crippen LogP contribution in [-0.2, 0) is 6.54 Å². The van der Waals surface area contributed by atoms with Gasteiger partial charge < -0.3 is 5.32 Å². The van der Waals surface area contributed by atoms with Crippen molar-refractivity contribution in [2.75, 3.05) is 5.32 Å². The summed E-state index contributed by atoms with van der Waals surface area (Å²) in [4.78, 5) is 5.28. The molecule has 3 nitrogen and oxygen atoms in total. The molecule has 0 amide bonds. The molecule has 17 heavy (non-hydrogen) atoms. The zero-order chi connectivity index (χ0) is 12.3. The number of aryl methyl sites for hydroxylation is 1. The molecule has 5 heteroatoms. The largest absolute Gasteiger partial charge is 0.379 e. The number of nitrogens with one attached hydrogen (secondary N) is 1. The van der Waals surface area contributed by atoms with Gasteiger partial charge in [0.2, 0.25) is 0 Å². The van der Waals surface area contributed by atoms with E-state index in [0.29, 0.717) is 17.3 Å². The number of anilines is 1. The van der Waals surface area contributed by atoms with Gasteiger partial charge in [0.05, 0.1) is 16.9 Å². The summed E-state index contributed by atoms with van der Waals surface area (Å²) >= 11 is 7.35. The molecule has 0 radical (unpaired) electrons. The molecule has 1 N–H and O–H groups in total. The highest BCUT2D eigenvalue weighted by Crippen LogP contribution is 2.19. The first-order valence-electron chi connectivity index (χ1n) is 5.03. The third-order valence-electron chi connectivity index (χ3n) is 2.29. The van der Waals surface area contributed by atoms with Crippen LogP contribution in [0.4, 0.5) is 5.69 Å². The normalized spacial score (nSPS) is 9.94. The number of hydrogen-bond donors (Lipinski definition) is 1. The quantitative estimate of drug-likeness (QED) is 0.861. The molecule has 2 aromatic heterocycles. The highest BCUT2D eigenvalue weighted by atomic mass is 35.5. The Hall–Kier alpha value is -1.57. The van der Waals surface area contributed by atoms with Gasteiger partial charge >= 0.3 is 0 Å². The summed E-state index contributed by atoms with van der Waals surface area (Å²) in [6, 6.07) is 7.66. The fourth-order valence-corrected chi connectivity index (χ4v) is 2.37. The zero-order valence-corrected chi connectivity index (χ0v) is 10.8. The molecule has 0 bridgehead atoms. The molecule has 0 spiro atoms. The van der Waals surface area contributed by atoms with Crippen molar-refractivity contribution in [3.63, 3.8) is 0 Å². The average Bonchev–Trinajstić information content (AvgIpc) is 2.76. The highest BCUT2D eigenvalue weighted by Gasteiger charge is 2.02. The topological polar surface area (TPSA) is 48.7 Å². The van der Waals surface area contributed by atoms with Gasteiger partial charge in [0.15, 0.2) is 0 Å². The molecule has 2 heterocycles. The van der Waals surface area contributed by atoms with Gasteiger partial charge in [0.25, 0.3) is 0 Å². The van der Waals surface area contributed by atoms with Crippen molar-refractivity contribution in [2.24, 2.45) is 0 Å². The minimum atomic E-state index is 0.496. The standard InChI is InChI=1S/C12H10ClN3S/c1-8-11(2-3-12(13)16-8)15-6-10-4-9(5-14)7-17-10/h2-4,7,15H,6H2,1H3. The minimum Gasteiger partial charge on any atom is -0.379 e. The number of nitriles is 1. The molecule has 2 aromatic rings. The van der Waals surface area contributed by atoms with Crippen molar-refractivity contribution in [3.05, 3.63) is 44.9 Å². The Morgan fingerprint density at radius 3 is 3.00 bits per heavy atom. The van der Waals surface area contributed by atoms with Crippen molar-refractivity contribution in [1.82, 2.24) is 4.98 Å². The number of aromatic nitrogens is 1. The van der Waals surface area contributed by atoms with Crippen molar-refractivity contribution in [2.45, 2.75) is 13.5 Å². The molecular weight excluding hydrogens is 254 g/mol. The molecule has 0 aliphatic carbocycles. The Labute approximate surface area is 109 Å². The SMILES string of the molecule is Cc1nc(Cl)ccc1NCc1cc(C#N)cs1. The third-order valence-corrected chi connectivity index (χ3v) is 3.43. The lowest BCUT2D eigenvalue weighted by Gasteiger charge is -2.07. The van der Waals surface area contributed by atoms with Crippen LogP contribution >= 0.6 is 22.9 Å². The zero-order valence-electron chi connectivity index (χ0n) is 9.20. The Bertz CT molecular complexity index is 571. The second-order valence-electron chi connectivity index (χ2n) is 3.53. The molecule has 0 saturated carbocycles. The number of pyridine rings is 1. The van der Waals surface area contributed by atoms with Crippen LogP contribution in [0.25, 0.3) is 0 Å². The Morgan fingerprint density at radius 1 is 1.53 bits per heavy atom. The third kappa shape index (κ3) is 2.96. The predicted octanol–water partition coefficient (Wildman–Crippen LogP) is 3.59. The van der Waals surface area contributed by atoms with Gasteiger partial charge in [-0.15, -0.1) is 11.3 Å². The predicted molar refractivity (Wildman–Crippen MR) is 70.3 cm³/mol. The molecule has 0 aromatic carbocycles. The van der Waals surface area contributed by atoms with Crippen LogP contribution in [0.3, 0.4) is 0 Å². The molecule has 2 rings (SSSR count). The number of thiophene rings is 1. The van der Waals surface area contributed by atoms with E-state index in [1.54, 1.807) is 17.4 Å². The maximum Gasteiger partial charge on any atom is 0.129 e. The van der Waals surface area contributed by atoms with Crippen LogP contribution in [0.2, 0.25) is 5.15 Å². The van der Waals surface area contributed by atoms with E-state index in [9.17, 15) is 0 Å². The van der Waals surface area contributed by atoms with E-state index in [1.165, 1.54) is 0 Å². The molecule has 0 fully saturated rings. The molecule has 0 aliphatic heterocycles. The average molecular weight is 264 g/mol.